The van der Waals surface area contributed by atoms with Gasteiger partial charge >= 0.3 is 0 Å². The first kappa shape index (κ1) is 15.3. The van der Waals surface area contributed by atoms with E-state index in [4.69, 9.17) is 5.26 Å². The Labute approximate surface area is 138 Å². The van der Waals surface area contributed by atoms with E-state index < -0.39 is 0 Å². The second kappa shape index (κ2) is 6.67. The van der Waals surface area contributed by atoms with Crippen molar-refractivity contribution in [3.8, 4) is 16.9 Å². The molecular weight excluding hydrogens is 308 g/mol. The monoisotopic (exact) mass is 324 g/mol. The Morgan fingerprint density at radius 1 is 1.30 bits per heavy atom. The van der Waals surface area contributed by atoms with Crippen LogP contribution in [-0.4, -0.2) is 24.5 Å². The summed E-state index contributed by atoms with van der Waals surface area (Å²) in [5.74, 6) is 0.759. The van der Waals surface area contributed by atoms with Crippen LogP contribution in [0.25, 0.3) is 10.8 Å². The number of rotatable bonds is 5. The van der Waals surface area contributed by atoms with Crippen LogP contribution in [0, 0.1) is 18.3 Å². The van der Waals surface area contributed by atoms with Crippen molar-refractivity contribution in [3.63, 3.8) is 0 Å². The molecule has 0 bridgehead atoms. The first-order valence-corrected chi connectivity index (χ1v) is 8.27. The molecule has 3 heterocycles. The minimum Gasteiger partial charge on any atom is -0.323 e. The number of hydrogen-bond acceptors (Lipinski definition) is 6. The summed E-state index contributed by atoms with van der Waals surface area (Å²) in [7, 11) is 0. The van der Waals surface area contributed by atoms with Crippen LogP contribution < -0.4 is 0 Å². The highest BCUT2D eigenvalue weighted by molar-refractivity contribution is 7.13. The van der Waals surface area contributed by atoms with Gasteiger partial charge in [0, 0.05) is 23.5 Å². The Hall–Kier alpha value is -2.59. The van der Waals surface area contributed by atoms with Crippen molar-refractivity contribution in [2.24, 2.45) is 0 Å². The van der Waals surface area contributed by atoms with E-state index in [0.29, 0.717) is 12.2 Å². The molecule has 0 aliphatic heterocycles. The number of nitriles is 1. The lowest BCUT2D eigenvalue weighted by Crippen LogP contribution is -2.09. The predicted octanol–water partition coefficient (Wildman–Crippen LogP) is 2.98. The smallest absolute Gasteiger partial charge is 0.169 e. The maximum Gasteiger partial charge on any atom is 0.169 e. The van der Waals surface area contributed by atoms with E-state index in [2.05, 4.69) is 32.9 Å². The summed E-state index contributed by atoms with van der Waals surface area (Å²) in [4.78, 5) is 17.4. The molecule has 0 fully saturated rings. The van der Waals surface area contributed by atoms with E-state index in [0.717, 1.165) is 35.1 Å². The van der Waals surface area contributed by atoms with Gasteiger partial charge in [0.2, 0.25) is 0 Å². The molecule has 0 aliphatic carbocycles. The summed E-state index contributed by atoms with van der Waals surface area (Å²) >= 11 is 1.42. The zero-order chi connectivity index (χ0) is 16.2. The number of aromatic nitrogens is 5. The van der Waals surface area contributed by atoms with Crippen LogP contribution >= 0.6 is 11.3 Å². The highest BCUT2D eigenvalue weighted by Gasteiger charge is 2.14. The highest BCUT2D eigenvalue weighted by atomic mass is 32.1. The van der Waals surface area contributed by atoms with Crippen LogP contribution in [0.3, 0.4) is 0 Å². The second-order valence-corrected chi connectivity index (χ2v) is 6.02. The summed E-state index contributed by atoms with van der Waals surface area (Å²) < 4.78 is 2.01. The molecule has 0 saturated heterocycles. The van der Waals surface area contributed by atoms with Gasteiger partial charge < -0.3 is 4.57 Å². The Morgan fingerprint density at radius 3 is 2.91 bits per heavy atom. The minimum atomic E-state index is 0.420. The molecule has 0 radical (unpaired) electrons. The fourth-order valence-corrected chi connectivity index (χ4v) is 3.24. The van der Waals surface area contributed by atoms with Crippen LogP contribution in [0.15, 0.2) is 24.1 Å². The van der Waals surface area contributed by atoms with E-state index in [1.54, 1.807) is 17.9 Å². The highest BCUT2D eigenvalue weighted by Crippen LogP contribution is 2.23. The van der Waals surface area contributed by atoms with Gasteiger partial charge in [0.1, 0.15) is 12.4 Å². The van der Waals surface area contributed by atoms with Gasteiger partial charge in [0.15, 0.2) is 16.5 Å². The van der Waals surface area contributed by atoms with Gasteiger partial charge in [-0.15, -0.1) is 11.3 Å². The van der Waals surface area contributed by atoms with Gasteiger partial charge in [0.05, 0.1) is 12.2 Å². The van der Waals surface area contributed by atoms with Crippen molar-refractivity contribution in [1.82, 2.24) is 24.5 Å². The molecule has 3 rings (SSSR count). The maximum atomic E-state index is 8.93. The number of thiazole rings is 1. The second-order valence-electron chi connectivity index (χ2n) is 5.16. The molecule has 0 N–H and O–H groups in total. The van der Waals surface area contributed by atoms with Crippen LogP contribution in [0.1, 0.15) is 36.0 Å². The summed E-state index contributed by atoms with van der Waals surface area (Å²) in [5, 5.41) is 11.4. The molecule has 3 aromatic rings. The standard InChI is InChI=1S/C16H16N6S/c1-3-4-13-11(2)19-10-20-14(13)8-22-6-5-18-15(22)16-21-12(7-17)9-23-16/h5-6,9-10H,3-4,8H2,1-2H3. The third-order valence-corrected chi connectivity index (χ3v) is 4.43. The molecule has 116 valence electrons. The summed E-state index contributed by atoms with van der Waals surface area (Å²) in [6.07, 6.45) is 7.28. The van der Waals surface area contributed by atoms with Crippen molar-refractivity contribution in [2.45, 2.75) is 33.2 Å². The fourth-order valence-electron chi connectivity index (χ4n) is 2.49. The normalized spacial score (nSPS) is 10.7. The lowest BCUT2D eigenvalue weighted by Gasteiger charge is -2.11. The molecule has 0 saturated carbocycles. The van der Waals surface area contributed by atoms with Crippen LogP contribution in [0.5, 0.6) is 0 Å². The zero-order valence-corrected chi connectivity index (χ0v) is 13.8. The molecular formula is C16H16N6S. The van der Waals surface area contributed by atoms with Gasteiger partial charge in [-0.2, -0.15) is 5.26 Å². The maximum absolute atomic E-state index is 8.93. The number of aryl methyl sites for hydroxylation is 1. The molecule has 6 nitrogen and oxygen atoms in total. The summed E-state index contributed by atoms with van der Waals surface area (Å²) in [6, 6.07) is 2.05. The zero-order valence-electron chi connectivity index (χ0n) is 13.0. The average Bonchev–Trinajstić information content (AvgIpc) is 3.19. The van der Waals surface area contributed by atoms with Crippen molar-refractivity contribution in [1.29, 1.82) is 5.26 Å². The Balaban J connectivity index is 1.95. The molecule has 23 heavy (non-hydrogen) atoms. The third-order valence-electron chi connectivity index (χ3n) is 3.60. The van der Waals surface area contributed by atoms with Gasteiger partial charge in [0.25, 0.3) is 0 Å². The van der Waals surface area contributed by atoms with Gasteiger partial charge in [-0.05, 0) is 18.9 Å². The lowest BCUT2D eigenvalue weighted by atomic mass is 10.1. The van der Waals surface area contributed by atoms with E-state index in [1.807, 2.05) is 17.7 Å². The molecule has 0 unspecified atom stereocenters. The lowest BCUT2D eigenvalue weighted by molar-refractivity contribution is 0.745. The first-order valence-electron chi connectivity index (χ1n) is 7.39. The van der Waals surface area contributed by atoms with Crippen molar-refractivity contribution in [3.05, 3.63) is 46.7 Å². The Kier molecular flexibility index (Phi) is 4.44. The van der Waals surface area contributed by atoms with Gasteiger partial charge in [-0.1, -0.05) is 13.3 Å². The topological polar surface area (TPSA) is 80.3 Å². The van der Waals surface area contributed by atoms with Crippen molar-refractivity contribution < 1.29 is 0 Å². The first-order chi connectivity index (χ1) is 11.2. The van der Waals surface area contributed by atoms with Crippen LogP contribution in [-0.2, 0) is 13.0 Å². The minimum absolute atomic E-state index is 0.420. The predicted molar refractivity (Wildman–Crippen MR) is 87.9 cm³/mol. The van der Waals surface area contributed by atoms with E-state index in [-0.39, 0.29) is 0 Å². The Bertz CT molecular complexity index is 858. The van der Waals surface area contributed by atoms with Crippen LogP contribution in [0.4, 0.5) is 0 Å². The third kappa shape index (κ3) is 3.12. The molecule has 7 heteroatoms. The number of nitrogens with zero attached hydrogens (tertiary/aromatic N) is 6. The van der Waals surface area contributed by atoms with E-state index in [9.17, 15) is 0 Å². The molecule has 0 aliphatic rings. The Morgan fingerprint density at radius 2 is 2.17 bits per heavy atom. The summed E-state index contributed by atoms with van der Waals surface area (Å²) in [5.41, 5.74) is 3.66. The van der Waals surface area contributed by atoms with Gasteiger partial charge in [-0.25, -0.2) is 19.9 Å². The average molecular weight is 324 g/mol. The SMILES string of the molecule is CCCc1c(C)ncnc1Cn1ccnc1-c1nc(C#N)cs1. The quantitative estimate of drug-likeness (QED) is 0.721. The van der Waals surface area contributed by atoms with Crippen molar-refractivity contribution in [2.75, 3.05) is 0 Å². The molecule has 0 amide bonds. The van der Waals surface area contributed by atoms with Gasteiger partial charge in [-0.3, -0.25) is 0 Å². The molecule has 0 spiro atoms. The molecule has 0 aromatic carbocycles. The molecule has 0 atom stereocenters. The summed E-state index contributed by atoms with van der Waals surface area (Å²) in [6.45, 7) is 4.79. The van der Waals surface area contributed by atoms with Crippen molar-refractivity contribution >= 4 is 11.3 Å². The van der Waals surface area contributed by atoms with E-state index >= 15 is 0 Å². The van der Waals surface area contributed by atoms with E-state index in [1.165, 1.54) is 16.9 Å². The number of hydrogen-bond donors (Lipinski definition) is 0. The number of imidazole rings is 1. The van der Waals surface area contributed by atoms with Crippen LogP contribution in [0.2, 0.25) is 0 Å². The molecule has 3 aromatic heterocycles. The largest absolute Gasteiger partial charge is 0.323 e. The fraction of sp³-hybridized carbons (Fsp3) is 0.312.